The fourth-order valence-corrected chi connectivity index (χ4v) is 11.8. The Kier molecular flexibility index (Phi) is 17.8. The third-order valence-electron chi connectivity index (χ3n) is 9.12. The van der Waals surface area contributed by atoms with Gasteiger partial charge in [-0.25, -0.2) is 0 Å². The summed E-state index contributed by atoms with van der Waals surface area (Å²) in [7, 11) is 5.88. The zero-order chi connectivity index (χ0) is 40.0. The summed E-state index contributed by atoms with van der Waals surface area (Å²) < 4.78 is 12.3. The molecular weight excluding hydrogens is 878 g/mol. The first kappa shape index (κ1) is 44.4. The van der Waals surface area contributed by atoms with E-state index < -0.39 is 15.8 Å². The zero-order valence-electron chi connectivity index (χ0n) is 31.9. The van der Waals surface area contributed by atoms with E-state index in [1.165, 1.54) is 33.1 Å². The van der Waals surface area contributed by atoms with Crippen molar-refractivity contribution in [3.05, 3.63) is 193 Å². The van der Waals surface area contributed by atoms with Gasteiger partial charge in [-0.1, -0.05) is 177 Å². The molecule has 7 rings (SSSR count). The van der Waals surface area contributed by atoms with Gasteiger partial charge in [0, 0.05) is 11.1 Å². The molecule has 1 saturated carbocycles. The van der Waals surface area contributed by atoms with Crippen LogP contribution in [0.15, 0.2) is 146 Å². The van der Waals surface area contributed by atoms with Crippen molar-refractivity contribution in [1.29, 1.82) is 0 Å². The molecule has 0 spiro atoms. The maximum atomic E-state index is 6.96. The normalized spacial score (nSPS) is 13.1. The quantitative estimate of drug-likeness (QED) is 0.101. The van der Waals surface area contributed by atoms with Crippen molar-refractivity contribution in [1.82, 2.24) is 0 Å². The van der Waals surface area contributed by atoms with Gasteiger partial charge in [0.1, 0.15) is 11.5 Å². The van der Waals surface area contributed by atoms with Crippen LogP contribution in [0.3, 0.4) is 0 Å². The van der Waals surface area contributed by atoms with Crippen LogP contribution in [0.4, 0.5) is 0 Å². The molecule has 0 bridgehead atoms. The average Bonchev–Trinajstić information content (AvgIpc) is 3.24. The van der Waals surface area contributed by atoms with Gasteiger partial charge >= 0.3 is 27.0 Å². The van der Waals surface area contributed by atoms with Crippen LogP contribution in [0.5, 0.6) is 11.5 Å². The summed E-state index contributed by atoms with van der Waals surface area (Å²) in [5.41, 5.74) is 1.79. The first-order valence-corrected chi connectivity index (χ1v) is 23.7. The Bertz CT molecular complexity index is 1860. The molecular formula is C48H44Cl3O2P2Ru. The molecule has 0 saturated heterocycles. The summed E-state index contributed by atoms with van der Waals surface area (Å²) in [4.78, 5) is 0. The molecule has 0 aliphatic heterocycles. The summed E-state index contributed by atoms with van der Waals surface area (Å²) in [6.07, 6.45) is 8.71. The summed E-state index contributed by atoms with van der Waals surface area (Å²) in [5.74, 6) is 4.61. The van der Waals surface area contributed by atoms with E-state index in [4.69, 9.17) is 32.7 Å². The van der Waals surface area contributed by atoms with Gasteiger partial charge < -0.3 is 9.47 Å². The second kappa shape index (κ2) is 22.4. The standard InChI is InChI=1S/C38H30Cl2O2P2.C10H14.ClH.Ru/c1-41-37-31(39)23-25-33(43(27-15-7-3-8-16-27)28-17-9-4-10-18-28)35(37)36-34(26-24-32(40)38(36)42-2)44(29-19-11-5-12-20-29)30-21-13-6-14-22-30;1-8(2)10-6-4-9(3)5-7-10;;/h3-26H,1-2H3;4-8H,1-3H3;1H;/q;;;+1/p-1. The van der Waals surface area contributed by atoms with Crippen molar-refractivity contribution >= 4 is 80.6 Å². The molecule has 1 aliphatic rings. The van der Waals surface area contributed by atoms with Crippen molar-refractivity contribution in [2.75, 3.05) is 14.2 Å². The minimum absolute atomic E-state index is 0.527. The number of hydrogen-bond acceptors (Lipinski definition) is 2. The Labute approximate surface area is 361 Å². The van der Waals surface area contributed by atoms with E-state index in [9.17, 15) is 0 Å². The van der Waals surface area contributed by atoms with E-state index in [2.05, 4.69) is 190 Å². The molecule has 8 heteroatoms. The van der Waals surface area contributed by atoms with Crippen LogP contribution in [0, 0.1) is 43.4 Å². The molecule has 1 fully saturated rings. The molecule has 0 amide bonds. The van der Waals surface area contributed by atoms with Gasteiger partial charge in [0.2, 0.25) is 0 Å². The molecule has 6 aromatic carbocycles. The van der Waals surface area contributed by atoms with Crippen LogP contribution in [0.2, 0.25) is 10.0 Å². The average molecular weight is 922 g/mol. The second-order valence-electron chi connectivity index (χ2n) is 13.0. The molecule has 1 aliphatic carbocycles. The molecule has 0 heterocycles. The molecule has 0 unspecified atom stereocenters. The van der Waals surface area contributed by atoms with Crippen molar-refractivity contribution in [2.24, 2.45) is 5.92 Å². The molecule has 0 atom stereocenters. The number of methoxy groups -OCH3 is 2. The minimum atomic E-state index is -1.02. The van der Waals surface area contributed by atoms with E-state index in [1.54, 1.807) is 14.2 Å². The van der Waals surface area contributed by atoms with E-state index in [0.717, 1.165) is 21.7 Å². The summed E-state index contributed by atoms with van der Waals surface area (Å²) in [5, 5.41) is 8.14. The Morgan fingerprint density at radius 3 is 1.04 bits per heavy atom. The zero-order valence-corrected chi connectivity index (χ0v) is 37.7. The van der Waals surface area contributed by atoms with Crippen molar-refractivity contribution in [3.8, 4) is 22.6 Å². The van der Waals surface area contributed by atoms with Gasteiger partial charge in [0.15, 0.2) is 0 Å². The summed E-state index contributed by atoms with van der Waals surface area (Å²) >= 11 is 15.7. The van der Waals surface area contributed by atoms with Gasteiger partial charge in [-0.05, 0) is 103 Å². The van der Waals surface area contributed by atoms with Crippen molar-refractivity contribution < 1.29 is 26.8 Å². The van der Waals surface area contributed by atoms with Crippen LogP contribution in [-0.4, -0.2) is 14.2 Å². The maximum absolute atomic E-state index is 6.96. The first-order valence-electron chi connectivity index (χ1n) is 18.1. The van der Waals surface area contributed by atoms with Crippen LogP contribution < -0.4 is 41.3 Å². The third kappa shape index (κ3) is 10.9. The Balaban J connectivity index is 0.000000432. The number of hydrogen-bond donors (Lipinski definition) is 0. The van der Waals surface area contributed by atoms with Gasteiger partial charge in [-0.3, -0.25) is 0 Å². The van der Waals surface area contributed by atoms with Gasteiger partial charge in [0.05, 0.1) is 24.3 Å². The number of halogens is 3. The van der Waals surface area contributed by atoms with Gasteiger partial charge in [-0.2, -0.15) is 0 Å². The van der Waals surface area contributed by atoms with E-state index in [-0.39, 0.29) is 0 Å². The van der Waals surface area contributed by atoms with Crippen LogP contribution in [0.1, 0.15) is 20.8 Å². The number of rotatable bonds is 10. The predicted molar refractivity (Wildman–Crippen MR) is 242 cm³/mol. The number of benzene rings is 6. The molecule has 56 heavy (non-hydrogen) atoms. The van der Waals surface area contributed by atoms with Gasteiger partial charge in [-0.15, -0.1) is 0 Å². The summed E-state index contributed by atoms with van der Waals surface area (Å²) in [6.45, 7) is 6.54. The van der Waals surface area contributed by atoms with E-state index in [0.29, 0.717) is 27.5 Å². The molecule has 2 nitrogen and oxygen atoms in total. The van der Waals surface area contributed by atoms with Crippen LogP contribution in [-0.2, 0) is 17.3 Å². The molecule has 6 radical (unpaired) electrons. The second-order valence-corrected chi connectivity index (χ2v) is 18.2. The van der Waals surface area contributed by atoms with Crippen LogP contribution >= 0.6 is 48.7 Å². The molecule has 0 aromatic heterocycles. The van der Waals surface area contributed by atoms with Crippen molar-refractivity contribution in [2.45, 2.75) is 20.8 Å². The first-order chi connectivity index (χ1) is 27.3. The van der Waals surface area contributed by atoms with Crippen LogP contribution in [0.25, 0.3) is 11.1 Å². The monoisotopic (exact) mass is 921 g/mol. The molecule has 6 aromatic rings. The SMILES string of the molecule is COc1c(Cl)ccc(P(c2ccccc2)c2ccccc2)c1-c1c(P(c2ccccc2)c2ccccc2)ccc(Cl)c1OC.C[C]1[CH][CH][C](C(C)C)[CH][CH]1.[Cl][Ru]. The van der Waals surface area contributed by atoms with Gasteiger partial charge in [0.25, 0.3) is 0 Å². The van der Waals surface area contributed by atoms with Crippen molar-refractivity contribution in [3.63, 3.8) is 0 Å². The summed E-state index contributed by atoms with van der Waals surface area (Å²) in [6, 6.07) is 50.7. The predicted octanol–water partition coefficient (Wildman–Crippen LogP) is 11.5. The molecule has 0 N–H and O–H groups in total. The molecule has 287 valence electrons. The fourth-order valence-electron chi connectivity index (χ4n) is 6.46. The van der Waals surface area contributed by atoms with E-state index in [1.807, 2.05) is 29.4 Å². The topological polar surface area (TPSA) is 18.5 Å². The Morgan fingerprint density at radius 1 is 0.464 bits per heavy atom. The fraction of sp³-hybridized carbons (Fsp3) is 0.125. The Morgan fingerprint density at radius 2 is 0.768 bits per heavy atom. The Hall–Kier alpha value is -2.73. The third-order valence-corrected chi connectivity index (χ3v) is 14.7. The van der Waals surface area contributed by atoms with E-state index >= 15 is 0 Å². The number of ether oxygens (including phenoxy) is 2.